The molecule has 0 saturated heterocycles. The Labute approximate surface area is 111 Å². The van der Waals surface area contributed by atoms with Crippen LogP contribution in [-0.2, 0) is 13.1 Å². The number of rotatable bonds is 3. The van der Waals surface area contributed by atoms with Gasteiger partial charge in [-0.25, -0.2) is 9.48 Å². The number of hydrogen-bond donors (Lipinski definition) is 2. The number of nitrogens with one attached hydrogen (secondary N) is 2. The van der Waals surface area contributed by atoms with Crippen molar-refractivity contribution in [2.75, 3.05) is 0 Å². The molecule has 0 unspecified atom stereocenters. The van der Waals surface area contributed by atoms with Crippen molar-refractivity contribution in [3.8, 4) is 0 Å². The number of hydrogen-bond acceptors (Lipinski definition) is 4. The quantitative estimate of drug-likeness (QED) is 0.614. The molecule has 3 aromatic rings. The van der Waals surface area contributed by atoms with Gasteiger partial charge in [-0.05, 0) is 6.07 Å². The van der Waals surface area contributed by atoms with Crippen molar-refractivity contribution >= 4 is 10.9 Å². The molecule has 0 atom stereocenters. The summed E-state index contributed by atoms with van der Waals surface area (Å²) in [5.74, 6) is 0. The molecule has 0 spiro atoms. The fourth-order valence-corrected chi connectivity index (χ4v) is 2.00. The number of nitrogens with zero attached hydrogens (tertiary/aromatic N) is 3. The van der Waals surface area contributed by atoms with E-state index in [4.69, 9.17) is 0 Å². The van der Waals surface area contributed by atoms with Crippen LogP contribution in [0.2, 0.25) is 0 Å². The van der Waals surface area contributed by atoms with Gasteiger partial charge in [-0.1, -0.05) is 18.2 Å². The third-order valence-electron chi connectivity index (χ3n) is 2.99. The van der Waals surface area contributed by atoms with E-state index < -0.39 is 16.8 Å². The van der Waals surface area contributed by atoms with E-state index >= 15 is 0 Å². The Hall–Kier alpha value is -2.90. The first-order valence-corrected chi connectivity index (χ1v) is 5.99. The molecule has 0 radical (unpaired) electrons. The Morgan fingerprint density at radius 1 is 1.05 bits per heavy atom. The summed E-state index contributed by atoms with van der Waals surface area (Å²) < 4.78 is 2.78. The number of aryl methyl sites for hydroxylation is 2. The van der Waals surface area contributed by atoms with E-state index in [2.05, 4.69) is 10.2 Å². The Bertz CT molecular complexity index is 930. The van der Waals surface area contributed by atoms with Crippen LogP contribution in [0.4, 0.5) is 0 Å². The highest BCUT2D eigenvalue weighted by molar-refractivity contribution is 5.78. The smallest absolute Gasteiger partial charge is 0.268 e. The number of H-pyrrole nitrogens is 2. The molecule has 3 rings (SSSR count). The lowest BCUT2D eigenvalue weighted by atomic mass is 10.3. The van der Waals surface area contributed by atoms with Crippen molar-refractivity contribution in [1.82, 2.24) is 24.5 Å². The molecular formula is C12H11N5O3. The lowest BCUT2D eigenvalue weighted by molar-refractivity contribution is 0.474. The van der Waals surface area contributed by atoms with Gasteiger partial charge in [0.2, 0.25) is 0 Å². The van der Waals surface area contributed by atoms with Gasteiger partial charge in [0.15, 0.2) is 0 Å². The Kier molecular flexibility index (Phi) is 2.82. The highest BCUT2D eigenvalue weighted by Crippen LogP contribution is 2.12. The zero-order valence-corrected chi connectivity index (χ0v) is 10.4. The van der Waals surface area contributed by atoms with Crippen LogP contribution in [0.1, 0.15) is 0 Å². The van der Waals surface area contributed by atoms with Crippen molar-refractivity contribution in [3.63, 3.8) is 0 Å². The van der Waals surface area contributed by atoms with Crippen LogP contribution in [0.5, 0.6) is 0 Å². The third-order valence-corrected chi connectivity index (χ3v) is 2.99. The van der Waals surface area contributed by atoms with Gasteiger partial charge in [-0.15, -0.1) is 0 Å². The molecule has 0 aliphatic rings. The topological polar surface area (TPSA) is 106 Å². The van der Waals surface area contributed by atoms with Crippen molar-refractivity contribution in [2.45, 2.75) is 13.1 Å². The predicted octanol–water partition coefficient (Wildman–Crippen LogP) is -0.725. The van der Waals surface area contributed by atoms with Crippen LogP contribution in [0.25, 0.3) is 10.9 Å². The normalized spacial score (nSPS) is 11.0. The summed E-state index contributed by atoms with van der Waals surface area (Å²) in [7, 11) is 0. The van der Waals surface area contributed by atoms with E-state index in [-0.39, 0.29) is 6.54 Å². The van der Waals surface area contributed by atoms with E-state index in [0.29, 0.717) is 6.54 Å². The summed E-state index contributed by atoms with van der Waals surface area (Å²) in [6.07, 6.45) is 1.73. The first kappa shape index (κ1) is 12.2. The maximum Gasteiger partial charge on any atom is 0.343 e. The van der Waals surface area contributed by atoms with Crippen LogP contribution in [0, 0.1) is 0 Å². The molecule has 1 aromatic carbocycles. The highest BCUT2D eigenvalue weighted by Gasteiger charge is 2.04. The standard InChI is InChI=1S/C12H11N5O3/c18-10-11(19)15-17(12(20)14-10)6-5-16-9-4-2-1-3-8(9)7-13-16/h1-4,7H,5-6H2,(H,15,19)(H,14,18,20). The molecule has 0 saturated carbocycles. The van der Waals surface area contributed by atoms with Crippen molar-refractivity contribution in [2.24, 2.45) is 0 Å². The van der Waals surface area contributed by atoms with E-state index in [1.165, 1.54) is 0 Å². The first-order chi connectivity index (χ1) is 9.65. The van der Waals surface area contributed by atoms with E-state index in [1.807, 2.05) is 29.2 Å². The average Bonchev–Trinajstić information content (AvgIpc) is 2.85. The molecular weight excluding hydrogens is 262 g/mol. The summed E-state index contributed by atoms with van der Waals surface area (Å²) in [5, 5.41) is 7.43. The van der Waals surface area contributed by atoms with Gasteiger partial charge in [-0.3, -0.25) is 24.4 Å². The maximum absolute atomic E-state index is 11.5. The lowest BCUT2D eigenvalue weighted by Crippen LogP contribution is -2.43. The van der Waals surface area contributed by atoms with Gasteiger partial charge >= 0.3 is 16.8 Å². The van der Waals surface area contributed by atoms with E-state index in [0.717, 1.165) is 15.6 Å². The summed E-state index contributed by atoms with van der Waals surface area (Å²) >= 11 is 0. The van der Waals surface area contributed by atoms with Gasteiger partial charge in [0.05, 0.1) is 24.8 Å². The van der Waals surface area contributed by atoms with Crippen LogP contribution in [0.15, 0.2) is 44.8 Å². The van der Waals surface area contributed by atoms with Gasteiger partial charge < -0.3 is 0 Å². The largest absolute Gasteiger partial charge is 0.343 e. The molecule has 0 bridgehead atoms. The number of aromatic nitrogens is 5. The molecule has 0 fully saturated rings. The van der Waals surface area contributed by atoms with E-state index in [1.54, 1.807) is 10.9 Å². The Balaban J connectivity index is 1.90. The second-order valence-corrected chi connectivity index (χ2v) is 4.28. The molecule has 2 N–H and O–H groups in total. The second-order valence-electron chi connectivity index (χ2n) is 4.28. The summed E-state index contributed by atoms with van der Waals surface area (Å²) in [6.45, 7) is 0.603. The van der Waals surface area contributed by atoms with Gasteiger partial charge in [0.25, 0.3) is 0 Å². The lowest BCUT2D eigenvalue weighted by Gasteiger charge is -2.05. The Morgan fingerprint density at radius 2 is 1.85 bits per heavy atom. The summed E-state index contributed by atoms with van der Waals surface area (Å²) in [6, 6.07) is 7.67. The minimum Gasteiger partial charge on any atom is -0.268 e. The van der Waals surface area contributed by atoms with Crippen LogP contribution in [0.3, 0.4) is 0 Å². The molecule has 8 heteroatoms. The number of fused-ring (bicyclic) bond motifs is 1. The van der Waals surface area contributed by atoms with Gasteiger partial charge in [-0.2, -0.15) is 5.10 Å². The average molecular weight is 273 g/mol. The van der Waals surface area contributed by atoms with Crippen molar-refractivity contribution in [1.29, 1.82) is 0 Å². The van der Waals surface area contributed by atoms with Crippen LogP contribution >= 0.6 is 0 Å². The van der Waals surface area contributed by atoms with Gasteiger partial charge in [0.1, 0.15) is 0 Å². The Morgan fingerprint density at radius 3 is 2.70 bits per heavy atom. The highest BCUT2D eigenvalue weighted by atomic mass is 16.2. The van der Waals surface area contributed by atoms with Crippen molar-refractivity contribution in [3.05, 3.63) is 61.7 Å². The first-order valence-electron chi connectivity index (χ1n) is 5.99. The molecule has 102 valence electrons. The molecule has 2 aromatic heterocycles. The van der Waals surface area contributed by atoms with Crippen LogP contribution < -0.4 is 16.8 Å². The molecule has 0 aliphatic heterocycles. The molecule has 20 heavy (non-hydrogen) atoms. The predicted molar refractivity (Wildman–Crippen MR) is 71.7 cm³/mol. The zero-order chi connectivity index (χ0) is 14.1. The third kappa shape index (κ3) is 2.07. The van der Waals surface area contributed by atoms with Gasteiger partial charge in [0, 0.05) is 5.39 Å². The number of aromatic amines is 2. The van der Waals surface area contributed by atoms with Crippen molar-refractivity contribution < 1.29 is 0 Å². The SMILES string of the molecule is O=c1[nH]c(=O)n(CCn2ncc3ccccc32)[nH]c1=O. The maximum atomic E-state index is 11.5. The van der Waals surface area contributed by atoms with E-state index in [9.17, 15) is 14.4 Å². The fraction of sp³-hybridized carbons (Fsp3) is 0.167. The van der Waals surface area contributed by atoms with Crippen LogP contribution in [-0.4, -0.2) is 24.5 Å². The zero-order valence-electron chi connectivity index (χ0n) is 10.4. The molecule has 8 nitrogen and oxygen atoms in total. The summed E-state index contributed by atoms with van der Waals surface area (Å²) in [4.78, 5) is 35.6. The molecule has 0 amide bonds. The molecule has 2 heterocycles. The minimum atomic E-state index is -0.948. The second kappa shape index (κ2) is 4.65. The number of para-hydroxylation sites is 1. The fourth-order valence-electron chi connectivity index (χ4n) is 2.00. The number of benzene rings is 1. The monoisotopic (exact) mass is 273 g/mol. The minimum absolute atomic E-state index is 0.205. The molecule has 0 aliphatic carbocycles. The summed E-state index contributed by atoms with van der Waals surface area (Å²) in [5.41, 5.74) is -1.51.